The minimum absolute atomic E-state index is 0.162. The van der Waals surface area contributed by atoms with Gasteiger partial charge in [0, 0.05) is 39.1 Å². The molecule has 0 radical (unpaired) electrons. The number of nitrogens with two attached hydrogens (primary N) is 1. The summed E-state index contributed by atoms with van der Waals surface area (Å²) in [5.41, 5.74) is 7.61. The number of methoxy groups -OCH3 is 1. The highest BCUT2D eigenvalue weighted by atomic mass is 16.5. The van der Waals surface area contributed by atoms with Crippen molar-refractivity contribution < 1.29 is 9.53 Å². The van der Waals surface area contributed by atoms with Crippen molar-refractivity contribution in [2.45, 2.75) is 25.9 Å². The third-order valence-corrected chi connectivity index (χ3v) is 2.54. The minimum Gasteiger partial charge on any atom is -0.385 e. The number of rotatable bonds is 6. The van der Waals surface area contributed by atoms with Crippen molar-refractivity contribution in [1.29, 1.82) is 0 Å². The number of nitrogens with zero attached hydrogens (tertiary/aromatic N) is 2. The van der Waals surface area contributed by atoms with Gasteiger partial charge in [0.25, 0.3) is 0 Å². The van der Waals surface area contributed by atoms with Crippen molar-refractivity contribution in [2.24, 2.45) is 12.8 Å². The van der Waals surface area contributed by atoms with Gasteiger partial charge in [-0.05, 0) is 13.3 Å². The number of carbonyl (C=O) groups excluding carboxylic acids is 1. The number of hydrogen-bond donors (Lipinski definition) is 2. The molecule has 1 rings (SSSR count). The summed E-state index contributed by atoms with van der Waals surface area (Å²) in [5, 5.41) is 6.99. The quantitative estimate of drug-likeness (QED) is 0.715. The maximum absolute atomic E-state index is 11.6. The molecular weight excluding hydrogens is 220 g/mol. The predicted octanol–water partition coefficient (Wildman–Crippen LogP) is -0.291. The van der Waals surface area contributed by atoms with E-state index in [9.17, 15) is 4.79 Å². The average Bonchev–Trinajstić information content (AvgIpc) is 2.61. The molecule has 96 valence electrons. The van der Waals surface area contributed by atoms with E-state index in [2.05, 4.69) is 10.4 Å². The van der Waals surface area contributed by atoms with Crippen LogP contribution in [-0.4, -0.2) is 35.4 Å². The van der Waals surface area contributed by atoms with Crippen molar-refractivity contribution in [3.8, 4) is 0 Å². The molecule has 6 nitrogen and oxygen atoms in total. The summed E-state index contributed by atoms with van der Waals surface area (Å²) in [7, 11) is 3.44. The molecule has 1 aromatic rings. The van der Waals surface area contributed by atoms with E-state index >= 15 is 0 Å². The molecule has 0 saturated carbocycles. The first kappa shape index (κ1) is 13.7. The molecule has 0 aliphatic heterocycles. The van der Waals surface area contributed by atoms with Crippen molar-refractivity contribution in [3.63, 3.8) is 0 Å². The van der Waals surface area contributed by atoms with Crippen LogP contribution < -0.4 is 11.1 Å². The molecule has 1 heterocycles. The van der Waals surface area contributed by atoms with E-state index < -0.39 is 6.04 Å². The van der Waals surface area contributed by atoms with Gasteiger partial charge >= 0.3 is 0 Å². The smallest absolute Gasteiger partial charge is 0.237 e. The van der Waals surface area contributed by atoms with Gasteiger partial charge in [-0.1, -0.05) is 0 Å². The number of carbonyl (C=O) groups is 1. The van der Waals surface area contributed by atoms with Crippen LogP contribution in [0.15, 0.2) is 6.20 Å². The van der Waals surface area contributed by atoms with Gasteiger partial charge in [-0.2, -0.15) is 5.10 Å². The molecule has 0 saturated heterocycles. The Kier molecular flexibility index (Phi) is 5.11. The van der Waals surface area contributed by atoms with Crippen LogP contribution in [0.4, 0.5) is 0 Å². The Hall–Kier alpha value is -1.40. The molecular formula is C11H20N4O2. The van der Waals surface area contributed by atoms with Crippen LogP contribution in [0.25, 0.3) is 0 Å². The molecule has 0 spiro atoms. The molecule has 17 heavy (non-hydrogen) atoms. The van der Waals surface area contributed by atoms with Gasteiger partial charge in [0.2, 0.25) is 5.91 Å². The summed E-state index contributed by atoms with van der Waals surface area (Å²) in [5.74, 6) is -0.162. The average molecular weight is 240 g/mol. The Morgan fingerprint density at radius 3 is 2.94 bits per heavy atom. The molecule has 1 amide bonds. The fourth-order valence-corrected chi connectivity index (χ4v) is 1.51. The van der Waals surface area contributed by atoms with Crippen LogP contribution in [0.3, 0.4) is 0 Å². The van der Waals surface area contributed by atoms with Crippen LogP contribution in [0, 0.1) is 6.92 Å². The third-order valence-electron chi connectivity index (χ3n) is 2.54. The molecule has 6 heteroatoms. The third kappa shape index (κ3) is 4.16. The standard InChI is InChI=1S/C11H20N4O2/c1-8-9(7-15(2)14-8)6-13-11(16)10(12)4-5-17-3/h7,10H,4-6,12H2,1-3H3,(H,13,16). The van der Waals surface area contributed by atoms with Crippen molar-refractivity contribution in [1.82, 2.24) is 15.1 Å². The Labute approximate surface area is 101 Å². The van der Waals surface area contributed by atoms with E-state index in [1.165, 1.54) is 0 Å². The Bertz CT molecular complexity index is 376. The van der Waals surface area contributed by atoms with E-state index in [0.717, 1.165) is 11.3 Å². The zero-order chi connectivity index (χ0) is 12.8. The second kappa shape index (κ2) is 6.36. The topological polar surface area (TPSA) is 82.2 Å². The first-order chi connectivity index (χ1) is 8.04. The highest BCUT2D eigenvalue weighted by Crippen LogP contribution is 2.03. The number of ether oxygens (including phenoxy) is 1. The lowest BCUT2D eigenvalue weighted by Gasteiger charge is -2.11. The zero-order valence-corrected chi connectivity index (χ0v) is 10.6. The zero-order valence-electron chi connectivity index (χ0n) is 10.6. The fraction of sp³-hybridized carbons (Fsp3) is 0.636. The lowest BCUT2D eigenvalue weighted by molar-refractivity contribution is -0.122. The molecule has 0 aromatic carbocycles. The van der Waals surface area contributed by atoms with Crippen LogP contribution in [0.1, 0.15) is 17.7 Å². The van der Waals surface area contributed by atoms with Gasteiger partial charge < -0.3 is 15.8 Å². The summed E-state index contributed by atoms with van der Waals surface area (Å²) >= 11 is 0. The van der Waals surface area contributed by atoms with E-state index in [1.807, 2.05) is 20.2 Å². The van der Waals surface area contributed by atoms with Gasteiger partial charge in [-0.15, -0.1) is 0 Å². The number of nitrogens with one attached hydrogen (secondary N) is 1. The van der Waals surface area contributed by atoms with Gasteiger partial charge in [0.1, 0.15) is 0 Å². The second-order valence-corrected chi connectivity index (χ2v) is 4.02. The van der Waals surface area contributed by atoms with E-state index in [4.69, 9.17) is 10.5 Å². The first-order valence-electron chi connectivity index (χ1n) is 5.56. The van der Waals surface area contributed by atoms with Gasteiger partial charge in [-0.25, -0.2) is 0 Å². The highest BCUT2D eigenvalue weighted by molar-refractivity contribution is 5.81. The van der Waals surface area contributed by atoms with Crippen LogP contribution in [-0.2, 0) is 23.1 Å². The molecule has 0 aliphatic rings. The molecule has 0 fully saturated rings. The summed E-state index contributed by atoms with van der Waals surface area (Å²) in [6.07, 6.45) is 2.41. The van der Waals surface area contributed by atoms with Gasteiger partial charge in [-0.3, -0.25) is 9.48 Å². The van der Waals surface area contributed by atoms with Crippen molar-refractivity contribution in [3.05, 3.63) is 17.5 Å². The number of aryl methyl sites for hydroxylation is 2. The lowest BCUT2D eigenvalue weighted by atomic mass is 10.2. The SMILES string of the molecule is COCCC(N)C(=O)NCc1cn(C)nc1C. The molecule has 3 N–H and O–H groups in total. The maximum Gasteiger partial charge on any atom is 0.237 e. The fourth-order valence-electron chi connectivity index (χ4n) is 1.51. The summed E-state index contributed by atoms with van der Waals surface area (Å²) in [4.78, 5) is 11.6. The van der Waals surface area contributed by atoms with Gasteiger partial charge in [0.05, 0.1) is 11.7 Å². The monoisotopic (exact) mass is 240 g/mol. The molecule has 1 atom stereocenters. The minimum atomic E-state index is -0.521. The Balaban J connectivity index is 2.40. The molecule has 0 aliphatic carbocycles. The van der Waals surface area contributed by atoms with Crippen LogP contribution in [0.2, 0.25) is 0 Å². The largest absolute Gasteiger partial charge is 0.385 e. The number of aromatic nitrogens is 2. The van der Waals surface area contributed by atoms with Crippen LogP contribution in [0.5, 0.6) is 0 Å². The lowest BCUT2D eigenvalue weighted by Crippen LogP contribution is -2.40. The summed E-state index contributed by atoms with van der Waals surface area (Å²) in [6.45, 7) is 2.85. The Morgan fingerprint density at radius 1 is 1.71 bits per heavy atom. The molecule has 1 aromatic heterocycles. The predicted molar refractivity (Wildman–Crippen MR) is 64.3 cm³/mol. The van der Waals surface area contributed by atoms with Crippen molar-refractivity contribution >= 4 is 5.91 Å². The highest BCUT2D eigenvalue weighted by Gasteiger charge is 2.13. The van der Waals surface area contributed by atoms with E-state index in [-0.39, 0.29) is 5.91 Å². The van der Waals surface area contributed by atoms with E-state index in [1.54, 1.807) is 11.8 Å². The normalized spacial score (nSPS) is 12.5. The van der Waals surface area contributed by atoms with E-state index in [0.29, 0.717) is 19.6 Å². The van der Waals surface area contributed by atoms with Gasteiger partial charge in [0.15, 0.2) is 0 Å². The molecule has 0 bridgehead atoms. The summed E-state index contributed by atoms with van der Waals surface area (Å²) in [6, 6.07) is -0.521. The molecule has 1 unspecified atom stereocenters. The van der Waals surface area contributed by atoms with Crippen molar-refractivity contribution in [2.75, 3.05) is 13.7 Å². The summed E-state index contributed by atoms with van der Waals surface area (Å²) < 4.78 is 6.60. The maximum atomic E-state index is 11.6. The van der Waals surface area contributed by atoms with Crippen LogP contribution >= 0.6 is 0 Å². The second-order valence-electron chi connectivity index (χ2n) is 4.02. The number of hydrogen-bond acceptors (Lipinski definition) is 4. The number of amides is 1. The Morgan fingerprint density at radius 2 is 2.41 bits per heavy atom. The first-order valence-corrected chi connectivity index (χ1v) is 5.56.